The van der Waals surface area contributed by atoms with Crippen LogP contribution >= 0.6 is 0 Å². The summed E-state index contributed by atoms with van der Waals surface area (Å²) in [6.45, 7) is 14.6. The van der Waals surface area contributed by atoms with E-state index in [-0.39, 0.29) is 0 Å². The van der Waals surface area contributed by atoms with E-state index in [4.69, 9.17) is 0 Å². The zero-order valence-electron chi connectivity index (χ0n) is 10.7. The summed E-state index contributed by atoms with van der Waals surface area (Å²) < 4.78 is 0. The van der Waals surface area contributed by atoms with Crippen molar-refractivity contribution in [1.82, 2.24) is 0 Å². The minimum absolute atomic E-state index is 0.826. The first-order chi connectivity index (χ1) is 6.32. The van der Waals surface area contributed by atoms with Gasteiger partial charge >= 0.3 is 0 Å². The van der Waals surface area contributed by atoms with Crippen LogP contribution in [0.5, 0.6) is 0 Å². The summed E-state index contributed by atoms with van der Waals surface area (Å²) in [7, 11) is -1.06. The first kappa shape index (κ1) is 12.0. The van der Waals surface area contributed by atoms with E-state index >= 15 is 0 Å². The van der Waals surface area contributed by atoms with Crippen LogP contribution in [0.4, 0.5) is 0 Å². The van der Waals surface area contributed by atoms with Crippen LogP contribution in [0, 0.1) is 17.8 Å². The molecule has 0 nitrogen and oxygen atoms in total. The van der Waals surface area contributed by atoms with Gasteiger partial charge in [-0.1, -0.05) is 51.7 Å². The summed E-state index contributed by atoms with van der Waals surface area (Å²) >= 11 is 0. The van der Waals surface area contributed by atoms with E-state index in [9.17, 15) is 0 Å². The Balaban J connectivity index is 2.93. The number of hydrogen-bond donors (Lipinski definition) is 0. The van der Waals surface area contributed by atoms with Crippen LogP contribution in [-0.2, 0) is 0 Å². The molecule has 2 atom stereocenters. The van der Waals surface area contributed by atoms with Gasteiger partial charge in [-0.3, -0.25) is 0 Å². The standard InChI is InChI=1S/C13H26Si/c1-10(2)12-8-7-11(3)9-13(12)14(4,5)6/h9-12H,7-8H2,1-6H3/t11-,12-/m0/s1. The third-order valence-corrected chi connectivity index (χ3v) is 5.74. The summed E-state index contributed by atoms with van der Waals surface area (Å²) in [4.78, 5) is 0. The average molecular weight is 210 g/mol. The van der Waals surface area contributed by atoms with Crippen LogP contribution in [0.1, 0.15) is 33.6 Å². The third-order valence-electron chi connectivity index (χ3n) is 3.47. The summed E-state index contributed by atoms with van der Waals surface area (Å²) in [6.07, 6.45) is 5.42. The molecule has 14 heavy (non-hydrogen) atoms. The molecule has 82 valence electrons. The quantitative estimate of drug-likeness (QED) is 0.589. The molecule has 0 aromatic heterocycles. The number of hydrogen-bond acceptors (Lipinski definition) is 0. The normalized spacial score (nSPS) is 29.2. The molecule has 0 fully saturated rings. The van der Waals surface area contributed by atoms with Gasteiger partial charge < -0.3 is 0 Å². The van der Waals surface area contributed by atoms with Gasteiger partial charge in [-0.25, -0.2) is 0 Å². The van der Waals surface area contributed by atoms with Gasteiger partial charge in [0, 0.05) is 0 Å². The molecule has 1 aliphatic carbocycles. The van der Waals surface area contributed by atoms with Gasteiger partial charge in [0.1, 0.15) is 0 Å². The smallest absolute Gasteiger partial charge is 0.0724 e. The monoisotopic (exact) mass is 210 g/mol. The summed E-state index contributed by atoms with van der Waals surface area (Å²) in [5, 5.41) is 1.84. The maximum Gasteiger partial charge on any atom is 0.0724 e. The molecule has 0 bridgehead atoms. The minimum atomic E-state index is -1.06. The highest BCUT2D eigenvalue weighted by Gasteiger charge is 2.31. The maximum atomic E-state index is 2.60. The lowest BCUT2D eigenvalue weighted by Crippen LogP contribution is -2.34. The topological polar surface area (TPSA) is 0 Å². The van der Waals surface area contributed by atoms with Crippen LogP contribution in [0.25, 0.3) is 0 Å². The van der Waals surface area contributed by atoms with Gasteiger partial charge in [-0.15, -0.1) is 0 Å². The van der Waals surface area contributed by atoms with Gasteiger partial charge in [0.2, 0.25) is 0 Å². The van der Waals surface area contributed by atoms with Crippen molar-refractivity contribution in [3.63, 3.8) is 0 Å². The Bertz CT molecular complexity index is 220. The molecule has 0 aliphatic heterocycles. The third kappa shape index (κ3) is 2.72. The second-order valence-corrected chi connectivity index (χ2v) is 11.4. The summed E-state index contributed by atoms with van der Waals surface area (Å²) in [6, 6.07) is 0. The van der Waals surface area contributed by atoms with E-state index in [0.29, 0.717) is 0 Å². The van der Waals surface area contributed by atoms with Crippen molar-refractivity contribution in [2.45, 2.75) is 53.3 Å². The molecule has 0 amide bonds. The highest BCUT2D eigenvalue weighted by Crippen LogP contribution is 2.38. The van der Waals surface area contributed by atoms with E-state index in [0.717, 1.165) is 17.8 Å². The van der Waals surface area contributed by atoms with Crippen molar-refractivity contribution in [2.24, 2.45) is 17.8 Å². The zero-order chi connectivity index (χ0) is 10.9. The summed E-state index contributed by atoms with van der Waals surface area (Å²) in [5.74, 6) is 2.55. The van der Waals surface area contributed by atoms with E-state index in [2.05, 4.69) is 46.5 Å². The molecule has 0 aromatic rings. The second-order valence-electron chi connectivity index (χ2n) is 6.28. The molecular weight excluding hydrogens is 184 g/mol. The predicted molar refractivity (Wildman–Crippen MR) is 68.2 cm³/mol. The maximum absolute atomic E-state index is 2.60. The molecule has 0 N–H and O–H groups in total. The van der Waals surface area contributed by atoms with E-state index in [1.165, 1.54) is 12.8 Å². The number of rotatable bonds is 2. The fraction of sp³-hybridized carbons (Fsp3) is 0.846. The molecule has 0 aromatic carbocycles. The summed E-state index contributed by atoms with van der Waals surface area (Å²) in [5.41, 5.74) is 0. The molecule has 0 unspecified atom stereocenters. The molecule has 1 rings (SSSR count). The minimum Gasteiger partial charge on any atom is -0.0860 e. The van der Waals surface area contributed by atoms with Crippen LogP contribution in [0.3, 0.4) is 0 Å². The zero-order valence-corrected chi connectivity index (χ0v) is 11.7. The molecule has 0 saturated heterocycles. The molecule has 0 spiro atoms. The molecule has 0 radical (unpaired) electrons. The fourth-order valence-corrected chi connectivity index (χ4v) is 4.98. The van der Waals surface area contributed by atoms with Crippen LogP contribution in [-0.4, -0.2) is 8.07 Å². The van der Waals surface area contributed by atoms with Gasteiger partial charge in [0.15, 0.2) is 0 Å². The van der Waals surface area contributed by atoms with Crippen LogP contribution in [0.2, 0.25) is 19.6 Å². The molecular formula is C13H26Si. The SMILES string of the molecule is CC(C)[C@@H]1CC[C@H](C)C=C1[Si](C)(C)C. The first-order valence-corrected chi connectivity index (χ1v) is 9.54. The lowest BCUT2D eigenvalue weighted by atomic mass is 9.83. The Labute approximate surface area is 90.8 Å². The lowest BCUT2D eigenvalue weighted by Gasteiger charge is -2.36. The van der Waals surface area contributed by atoms with Gasteiger partial charge in [-0.2, -0.15) is 0 Å². The molecule has 0 saturated carbocycles. The van der Waals surface area contributed by atoms with E-state index in [1.807, 2.05) is 5.20 Å². The average Bonchev–Trinajstić information content (AvgIpc) is 2.01. The Hall–Kier alpha value is -0.0431. The van der Waals surface area contributed by atoms with Gasteiger partial charge in [0.25, 0.3) is 0 Å². The van der Waals surface area contributed by atoms with Crippen molar-refractivity contribution in [3.8, 4) is 0 Å². The predicted octanol–water partition coefficient (Wildman–Crippen LogP) is 4.49. The Morgan fingerprint density at radius 3 is 2.21 bits per heavy atom. The van der Waals surface area contributed by atoms with Crippen molar-refractivity contribution < 1.29 is 0 Å². The van der Waals surface area contributed by atoms with Crippen molar-refractivity contribution >= 4 is 8.07 Å². The van der Waals surface area contributed by atoms with Crippen LogP contribution < -0.4 is 0 Å². The van der Waals surface area contributed by atoms with E-state index < -0.39 is 8.07 Å². The van der Waals surface area contributed by atoms with Crippen molar-refractivity contribution in [1.29, 1.82) is 0 Å². The fourth-order valence-electron chi connectivity index (χ4n) is 2.61. The molecule has 1 heteroatoms. The molecule has 0 heterocycles. The van der Waals surface area contributed by atoms with E-state index in [1.54, 1.807) is 0 Å². The molecule has 1 aliphatic rings. The lowest BCUT2D eigenvalue weighted by molar-refractivity contribution is 0.373. The van der Waals surface area contributed by atoms with Gasteiger partial charge in [-0.05, 0) is 30.6 Å². The van der Waals surface area contributed by atoms with Crippen LogP contribution in [0.15, 0.2) is 11.3 Å². The Morgan fingerprint density at radius 1 is 1.21 bits per heavy atom. The first-order valence-electron chi connectivity index (χ1n) is 6.04. The largest absolute Gasteiger partial charge is 0.0860 e. The Morgan fingerprint density at radius 2 is 1.79 bits per heavy atom. The second kappa shape index (κ2) is 4.22. The van der Waals surface area contributed by atoms with Crippen molar-refractivity contribution in [3.05, 3.63) is 11.3 Å². The van der Waals surface area contributed by atoms with Crippen molar-refractivity contribution in [2.75, 3.05) is 0 Å². The highest BCUT2D eigenvalue weighted by atomic mass is 28.3. The number of allylic oxidation sites excluding steroid dienone is 2. The highest BCUT2D eigenvalue weighted by molar-refractivity contribution is 6.83. The Kier molecular flexibility index (Phi) is 3.62. The van der Waals surface area contributed by atoms with Gasteiger partial charge in [0.05, 0.1) is 8.07 Å².